The number of carbonyl (C=O) groups excluding carboxylic acids is 1. The Kier molecular flexibility index (Phi) is 3.71. The van der Waals surface area contributed by atoms with Crippen LogP contribution in [-0.2, 0) is 4.79 Å². The van der Waals surface area contributed by atoms with Gasteiger partial charge in [-0.15, -0.1) is 0 Å². The van der Waals surface area contributed by atoms with Gasteiger partial charge in [-0.2, -0.15) is 0 Å². The first kappa shape index (κ1) is 12.4. The second-order valence-corrected chi connectivity index (χ2v) is 5.59. The predicted molar refractivity (Wildman–Crippen MR) is 65.5 cm³/mol. The number of carbonyl (C=O) groups is 1. The third kappa shape index (κ3) is 3.16. The Balaban J connectivity index is 2.44. The van der Waals surface area contributed by atoms with Crippen LogP contribution in [0.1, 0.15) is 33.6 Å². The molecule has 1 saturated heterocycles. The molecule has 0 saturated carbocycles. The van der Waals surface area contributed by atoms with E-state index in [4.69, 9.17) is 18.0 Å². The normalized spacial score (nSPS) is 22.2. The van der Waals surface area contributed by atoms with Crippen LogP contribution in [0.3, 0.4) is 0 Å². The Morgan fingerprint density at radius 2 is 2.27 bits per heavy atom. The summed E-state index contributed by atoms with van der Waals surface area (Å²) < 4.78 is 0. The topological polar surface area (TPSA) is 46.3 Å². The molecular weight excluding hydrogens is 208 g/mol. The molecule has 1 unspecified atom stereocenters. The Morgan fingerprint density at radius 3 is 2.67 bits per heavy atom. The molecule has 1 atom stereocenters. The second-order valence-electron chi connectivity index (χ2n) is 5.15. The van der Waals surface area contributed by atoms with Crippen LogP contribution in [0.5, 0.6) is 0 Å². The van der Waals surface area contributed by atoms with Crippen molar-refractivity contribution in [1.82, 2.24) is 4.90 Å². The molecule has 0 aromatic heterocycles. The van der Waals surface area contributed by atoms with Crippen LogP contribution in [0.4, 0.5) is 0 Å². The van der Waals surface area contributed by atoms with Crippen LogP contribution in [0, 0.1) is 11.3 Å². The summed E-state index contributed by atoms with van der Waals surface area (Å²) in [6.07, 6.45) is 1.54. The summed E-state index contributed by atoms with van der Waals surface area (Å²) in [5, 5.41) is 0. The first-order chi connectivity index (χ1) is 6.83. The quantitative estimate of drug-likeness (QED) is 0.743. The highest BCUT2D eigenvalue weighted by Crippen LogP contribution is 2.24. The molecule has 0 spiro atoms. The van der Waals surface area contributed by atoms with E-state index in [1.54, 1.807) is 0 Å². The van der Waals surface area contributed by atoms with Gasteiger partial charge in [0.25, 0.3) is 0 Å². The van der Waals surface area contributed by atoms with Gasteiger partial charge < -0.3 is 10.6 Å². The number of thiocarbonyl (C=S) groups is 1. The predicted octanol–water partition coefficient (Wildman–Crippen LogP) is 1.56. The average Bonchev–Trinajstić information content (AvgIpc) is 2.41. The highest BCUT2D eigenvalue weighted by Gasteiger charge is 2.29. The van der Waals surface area contributed by atoms with E-state index < -0.39 is 0 Å². The number of nitrogens with zero attached hydrogens (tertiary/aromatic N) is 1. The minimum atomic E-state index is -0.151. The molecule has 1 amide bonds. The molecule has 0 aromatic carbocycles. The van der Waals surface area contributed by atoms with Crippen molar-refractivity contribution in [2.75, 3.05) is 13.1 Å². The van der Waals surface area contributed by atoms with E-state index in [2.05, 4.69) is 6.92 Å². The van der Waals surface area contributed by atoms with Gasteiger partial charge in [0, 0.05) is 24.9 Å². The molecule has 1 aliphatic rings. The number of amides is 1. The van der Waals surface area contributed by atoms with Crippen molar-refractivity contribution in [3.8, 4) is 0 Å². The standard InChI is InChI=1S/C11H20N2OS/c1-8-6-9(14)13(7-8)5-4-11(2,3)10(12)15/h8H,4-7H2,1-3H3,(H2,12,15). The minimum absolute atomic E-state index is 0.151. The molecule has 3 nitrogen and oxygen atoms in total. The maximum Gasteiger partial charge on any atom is 0.222 e. The van der Waals surface area contributed by atoms with Crippen LogP contribution in [-0.4, -0.2) is 28.9 Å². The number of nitrogens with two attached hydrogens (primary N) is 1. The molecule has 2 N–H and O–H groups in total. The van der Waals surface area contributed by atoms with Crippen LogP contribution >= 0.6 is 12.2 Å². The zero-order valence-electron chi connectivity index (χ0n) is 9.75. The Hall–Kier alpha value is -0.640. The van der Waals surface area contributed by atoms with Gasteiger partial charge in [0.15, 0.2) is 0 Å². The SMILES string of the molecule is CC1CC(=O)N(CCC(C)(C)C(N)=S)C1. The van der Waals surface area contributed by atoms with E-state index in [1.807, 2.05) is 18.7 Å². The van der Waals surface area contributed by atoms with Crippen LogP contribution < -0.4 is 5.73 Å². The third-order valence-corrected chi connectivity index (χ3v) is 3.63. The Bertz CT molecular complexity index is 276. The smallest absolute Gasteiger partial charge is 0.222 e. The molecule has 4 heteroatoms. The molecule has 0 bridgehead atoms. The highest BCUT2D eigenvalue weighted by atomic mass is 32.1. The van der Waals surface area contributed by atoms with Crippen molar-refractivity contribution in [1.29, 1.82) is 0 Å². The number of rotatable bonds is 4. The van der Waals surface area contributed by atoms with E-state index >= 15 is 0 Å². The Morgan fingerprint density at radius 1 is 1.67 bits per heavy atom. The van der Waals surface area contributed by atoms with Gasteiger partial charge in [-0.1, -0.05) is 33.0 Å². The van der Waals surface area contributed by atoms with Crippen molar-refractivity contribution in [2.24, 2.45) is 17.1 Å². The van der Waals surface area contributed by atoms with E-state index in [1.165, 1.54) is 0 Å². The van der Waals surface area contributed by atoms with Gasteiger partial charge in [0.1, 0.15) is 0 Å². The summed E-state index contributed by atoms with van der Waals surface area (Å²) in [4.78, 5) is 14.0. The monoisotopic (exact) mass is 228 g/mol. The first-order valence-electron chi connectivity index (χ1n) is 5.40. The zero-order valence-corrected chi connectivity index (χ0v) is 10.6. The molecule has 0 aliphatic carbocycles. The maximum absolute atomic E-state index is 11.5. The molecule has 0 radical (unpaired) electrons. The van der Waals surface area contributed by atoms with Gasteiger partial charge in [0.05, 0.1) is 4.99 Å². The lowest BCUT2D eigenvalue weighted by Crippen LogP contribution is -2.35. The zero-order chi connectivity index (χ0) is 11.6. The summed E-state index contributed by atoms with van der Waals surface area (Å²) in [7, 11) is 0. The van der Waals surface area contributed by atoms with Crippen molar-refractivity contribution >= 4 is 23.1 Å². The number of hydrogen-bond acceptors (Lipinski definition) is 2. The molecule has 1 rings (SSSR count). The van der Waals surface area contributed by atoms with Gasteiger partial charge in [-0.05, 0) is 12.3 Å². The molecule has 1 heterocycles. The van der Waals surface area contributed by atoms with Gasteiger partial charge in [-0.3, -0.25) is 4.79 Å². The van der Waals surface area contributed by atoms with E-state index in [-0.39, 0.29) is 11.3 Å². The van der Waals surface area contributed by atoms with Crippen molar-refractivity contribution in [3.63, 3.8) is 0 Å². The lowest BCUT2D eigenvalue weighted by molar-refractivity contribution is -0.127. The molecule has 1 aliphatic heterocycles. The lowest BCUT2D eigenvalue weighted by Gasteiger charge is -2.26. The minimum Gasteiger partial charge on any atom is -0.393 e. The molecule has 1 fully saturated rings. The molecule has 0 aromatic rings. The molecular formula is C11H20N2OS. The first-order valence-corrected chi connectivity index (χ1v) is 5.81. The summed E-state index contributed by atoms with van der Waals surface area (Å²) in [6.45, 7) is 7.81. The van der Waals surface area contributed by atoms with Crippen LogP contribution in [0.2, 0.25) is 0 Å². The van der Waals surface area contributed by atoms with Crippen molar-refractivity contribution in [2.45, 2.75) is 33.6 Å². The van der Waals surface area contributed by atoms with Gasteiger partial charge >= 0.3 is 0 Å². The highest BCUT2D eigenvalue weighted by molar-refractivity contribution is 7.80. The fourth-order valence-corrected chi connectivity index (χ4v) is 1.83. The molecule has 15 heavy (non-hydrogen) atoms. The fourth-order valence-electron chi connectivity index (χ4n) is 1.72. The summed E-state index contributed by atoms with van der Waals surface area (Å²) in [5.74, 6) is 0.756. The van der Waals surface area contributed by atoms with Gasteiger partial charge in [0.2, 0.25) is 5.91 Å². The van der Waals surface area contributed by atoms with Crippen LogP contribution in [0.25, 0.3) is 0 Å². The third-order valence-electron chi connectivity index (χ3n) is 3.08. The summed E-state index contributed by atoms with van der Waals surface area (Å²) >= 11 is 5.00. The Labute approximate surface area is 97.0 Å². The van der Waals surface area contributed by atoms with Gasteiger partial charge in [-0.25, -0.2) is 0 Å². The van der Waals surface area contributed by atoms with E-state index in [9.17, 15) is 4.79 Å². The lowest BCUT2D eigenvalue weighted by atomic mass is 9.89. The fraction of sp³-hybridized carbons (Fsp3) is 0.818. The van der Waals surface area contributed by atoms with Crippen molar-refractivity contribution in [3.05, 3.63) is 0 Å². The summed E-state index contributed by atoms with van der Waals surface area (Å²) in [6, 6.07) is 0. The maximum atomic E-state index is 11.5. The van der Waals surface area contributed by atoms with E-state index in [0.29, 0.717) is 17.3 Å². The largest absolute Gasteiger partial charge is 0.393 e. The second kappa shape index (κ2) is 4.47. The van der Waals surface area contributed by atoms with E-state index in [0.717, 1.165) is 19.5 Å². The number of likely N-dealkylation sites (tertiary alicyclic amines) is 1. The number of hydrogen-bond donors (Lipinski definition) is 1. The van der Waals surface area contributed by atoms with Crippen molar-refractivity contribution < 1.29 is 4.79 Å². The average molecular weight is 228 g/mol. The van der Waals surface area contributed by atoms with Crippen LogP contribution in [0.15, 0.2) is 0 Å². The summed E-state index contributed by atoms with van der Waals surface area (Å²) in [5.41, 5.74) is 5.49. The molecule has 86 valence electrons.